The van der Waals surface area contributed by atoms with Crippen LogP contribution in [0, 0.1) is 23.7 Å². The molecule has 0 heterocycles. The molecule has 0 aliphatic carbocycles. The molecular formula is C15H21NO2S. The zero-order valence-corrected chi connectivity index (χ0v) is 12.6. The molecule has 4 heteroatoms. The second-order valence-electron chi connectivity index (χ2n) is 5.62. The molecular weight excluding hydrogens is 258 g/mol. The number of aryl methyl sites for hydroxylation is 1. The van der Waals surface area contributed by atoms with Gasteiger partial charge >= 0.3 is 0 Å². The van der Waals surface area contributed by atoms with Crippen LogP contribution in [0.25, 0.3) is 0 Å². The summed E-state index contributed by atoms with van der Waals surface area (Å²) >= 11 is 0. The molecule has 104 valence electrons. The van der Waals surface area contributed by atoms with Crippen LogP contribution < -0.4 is 0 Å². The topological polar surface area (TPSA) is 57.9 Å². The lowest BCUT2D eigenvalue weighted by atomic mass is 9.90. The van der Waals surface area contributed by atoms with Crippen molar-refractivity contribution >= 4 is 9.84 Å². The van der Waals surface area contributed by atoms with Crippen LogP contribution in [0.5, 0.6) is 0 Å². The number of hydrogen-bond acceptors (Lipinski definition) is 3. The highest BCUT2D eigenvalue weighted by molar-refractivity contribution is 7.90. The van der Waals surface area contributed by atoms with Crippen LogP contribution in [0.1, 0.15) is 37.8 Å². The van der Waals surface area contributed by atoms with E-state index < -0.39 is 15.3 Å². The van der Waals surface area contributed by atoms with Gasteiger partial charge in [0.2, 0.25) is 0 Å². The van der Waals surface area contributed by atoms with E-state index in [0.29, 0.717) is 12.8 Å². The lowest BCUT2D eigenvalue weighted by molar-refractivity contribution is 0.445. The smallest absolute Gasteiger partial charge is 0.154 e. The van der Waals surface area contributed by atoms with Crippen LogP contribution in [0.2, 0.25) is 0 Å². The predicted molar refractivity (Wildman–Crippen MR) is 77.3 cm³/mol. The monoisotopic (exact) mass is 279 g/mol. The molecule has 1 rings (SSSR count). The fourth-order valence-electron chi connectivity index (χ4n) is 1.87. The Balaban J connectivity index is 2.59. The first-order chi connectivity index (χ1) is 8.76. The highest BCUT2D eigenvalue weighted by atomic mass is 32.2. The van der Waals surface area contributed by atoms with Gasteiger partial charge in [0.1, 0.15) is 0 Å². The zero-order chi connectivity index (χ0) is 14.5. The summed E-state index contributed by atoms with van der Waals surface area (Å²) in [6, 6.07) is 9.73. The molecule has 0 radical (unpaired) electrons. The Bertz CT molecular complexity index is 568. The number of rotatable bonds is 6. The Morgan fingerprint density at radius 1 is 1.26 bits per heavy atom. The number of benzene rings is 1. The summed E-state index contributed by atoms with van der Waals surface area (Å²) in [5, 5.41) is 8.90. The van der Waals surface area contributed by atoms with Crippen LogP contribution in [-0.4, -0.2) is 14.2 Å². The maximum atomic E-state index is 12.0. The molecule has 0 fully saturated rings. The molecule has 0 amide bonds. The average molecular weight is 279 g/mol. The third kappa shape index (κ3) is 5.44. The Hall–Kier alpha value is -1.34. The quantitative estimate of drug-likeness (QED) is 0.803. The summed E-state index contributed by atoms with van der Waals surface area (Å²) in [5.41, 5.74) is 1.42. The summed E-state index contributed by atoms with van der Waals surface area (Å²) in [6.45, 7) is 5.59. The van der Waals surface area contributed by atoms with Gasteiger partial charge in [-0.3, -0.25) is 0 Å². The van der Waals surface area contributed by atoms with Crippen LogP contribution in [0.3, 0.4) is 0 Å². The van der Waals surface area contributed by atoms with Crippen molar-refractivity contribution in [2.45, 2.75) is 39.4 Å². The van der Waals surface area contributed by atoms with E-state index in [1.165, 1.54) is 0 Å². The zero-order valence-electron chi connectivity index (χ0n) is 11.8. The first kappa shape index (κ1) is 15.7. The molecule has 0 aliphatic rings. The fourth-order valence-corrected chi connectivity index (χ4v) is 3.40. The average Bonchev–Trinajstić information content (AvgIpc) is 2.31. The molecule has 3 nitrogen and oxygen atoms in total. The number of nitriles is 1. The lowest BCUT2D eigenvalue weighted by Gasteiger charge is -2.14. The van der Waals surface area contributed by atoms with Crippen molar-refractivity contribution in [2.75, 3.05) is 5.75 Å². The first-order valence-corrected chi connectivity index (χ1v) is 8.24. The van der Waals surface area contributed by atoms with E-state index in [-0.39, 0.29) is 11.5 Å². The van der Waals surface area contributed by atoms with Crippen molar-refractivity contribution in [1.82, 2.24) is 0 Å². The van der Waals surface area contributed by atoms with E-state index in [1.807, 2.05) is 45.0 Å². The van der Waals surface area contributed by atoms with Gasteiger partial charge in [0, 0.05) is 0 Å². The van der Waals surface area contributed by atoms with Crippen molar-refractivity contribution in [1.29, 1.82) is 5.26 Å². The summed E-state index contributed by atoms with van der Waals surface area (Å²) < 4.78 is 24.1. The van der Waals surface area contributed by atoms with Gasteiger partial charge in [-0.1, -0.05) is 24.3 Å². The Kier molecular flexibility index (Phi) is 5.13. The maximum absolute atomic E-state index is 12.0. The summed E-state index contributed by atoms with van der Waals surface area (Å²) in [6.07, 6.45) is 1.14. The maximum Gasteiger partial charge on any atom is 0.154 e. The van der Waals surface area contributed by atoms with E-state index in [1.54, 1.807) is 0 Å². The van der Waals surface area contributed by atoms with E-state index in [0.717, 1.165) is 11.1 Å². The molecule has 1 aromatic carbocycles. The second-order valence-corrected chi connectivity index (χ2v) is 7.80. The summed E-state index contributed by atoms with van der Waals surface area (Å²) in [5.74, 6) is 0.235. The predicted octanol–water partition coefficient (Wildman–Crippen LogP) is 3.24. The second kappa shape index (κ2) is 6.21. The van der Waals surface area contributed by atoms with Gasteiger partial charge in [-0.15, -0.1) is 0 Å². The molecule has 0 bridgehead atoms. The highest BCUT2D eigenvalue weighted by Crippen LogP contribution is 2.21. The molecule has 0 aromatic heterocycles. The van der Waals surface area contributed by atoms with Crippen molar-refractivity contribution in [3.63, 3.8) is 0 Å². The third-order valence-electron chi connectivity index (χ3n) is 3.20. The fraction of sp³-hybridized carbons (Fsp3) is 0.533. The minimum atomic E-state index is -3.10. The molecule has 0 unspecified atom stereocenters. The Labute approximate surface area is 116 Å². The number of hydrogen-bond donors (Lipinski definition) is 0. The van der Waals surface area contributed by atoms with Crippen molar-refractivity contribution in [3.8, 4) is 6.07 Å². The van der Waals surface area contributed by atoms with E-state index >= 15 is 0 Å². The van der Waals surface area contributed by atoms with Gasteiger partial charge in [-0.25, -0.2) is 8.42 Å². The van der Waals surface area contributed by atoms with E-state index in [9.17, 15) is 8.42 Å². The molecule has 0 N–H and O–H groups in total. The Morgan fingerprint density at radius 2 is 1.89 bits per heavy atom. The van der Waals surface area contributed by atoms with Crippen molar-refractivity contribution in [3.05, 3.63) is 35.4 Å². The van der Waals surface area contributed by atoms with Gasteiger partial charge in [-0.2, -0.15) is 5.26 Å². The SMILES string of the molecule is Cc1ccccc1CS(=O)(=O)CCCC(C)(C)C#N. The number of sulfone groups is 1. The van der Waals surface area contributed by atoms with Crippen LogP contribution >= 0.6 is 0 Å². The molecule has 0 atom stereocenters. The molecule has 0 saturated carbocycles. The number of nitrogens with zero attached hydrogens (tertiary/aromatic N) is 1. The summed E-state index contributed by atoms with van der Waals surface area (Å²) in [4.78, 5) is 0. The van der Waals surface area contributed by atoms with Crippen LogP contribution in [0.4, 0.5) is 0 Å². The van der Waals surface area contributed by atoms with Crippen molar-refractivity contribution in [2.24, 2.45) is 5.41 Å². The van der Waals surface area contributed by atoms with Gasteiger partial charge in [-0.05, 0) is 44.7 Å². The molecule has 0 aliphatic heterocycles. The van der Waals surface area contributed by atoms with Gasteiger partial charge < -0.3 is 0 Å². The highest BCUT2D eigenvalue weighted by Gasteiger charge is 2.19. The molecule has 0 saturated heterocycles. The molecule has 1 aromatic rings. The summed E-state index contributed by atoms with van der Waals surface area (Å²) in [7, 11) is -3.10. The van der Waals surface area contributed by atoms with Gasteiger partial charge in [0.15, 0.2) is 9.84 Å². The van der Waals surface area contributed by atoms with E-state index in [4.69, 9.17) is 5.26 Å². The van der Waals surface area contributed by atoms with Crippen molar-refractivity contribution < 1.29 is 8.42 Å². The Morgan fingerprint density at radius 3 is 2.47 bits per heavy atom. The minimum Gasteiger partial charge on any atom is -0.228 e. The van der Waals surface area contributed by atoms with Gasteiger partial charge in [0.25, 0.3) is 0 Å². The van der Waals surface area contributed by atoms with E-state index in [2.05, 4.69) is 6.07 Å². The van der Waals surface area contributed by atoms with Gasteiger partial charge in [0.05, 0.1) is 23.0 Å². The van der Waals surface area contributed by atoms with Crippen LogP contribution in [0.15, 0.2) is 24.3 Å². The minimum absolute atomic E-state index is 0.0899. The standard InChI is InChI=1S/C15H21NO2S/c1-13-7-4-5-8-14(13)11-19(17,18)10-6-9-15(2,3)12-16/h4-5,7-8H,6,9-11H2,1-3H3. The molecule has 0 spiro atoms. The normalized spacial score (nSPS) is 12.1. The third-order valence-corrected chi connectivity index (χ3v) is 4.86. The lowest BCUT2D eigenvalue weighted by Crippen LogP contribution is -2.14. The largest absolute Gasteiger partial charge is 0.228 e. The van der Waals surface area contributed by atoms with Crippen LogP contribution in [-0.2, 0) is 15.6 Å². The first-order valence-electron chi connectivity index (χ1n) is 6.42. The molecule has 19 heavy (non-hydrogen) atoms.